The number of hydrogen-bond donors (Lipinski definition) is 0. The van der Waals surface area contributed by atoms with E-state index in [0.29, 0.717) is 13.0 Å². The van der Waals surface area contributed by atoms with Gasteiger partial charge in [0.1, 0.15) is 5.75 Å². The first-order chi connectivity index (χ1) is 14.1. The number of rotatable bonds is 9. The first-order valence-corrected chi connectivity index (χ1v) is 12.8. The predicted octanol–water partition coefficient (Wildman–Crippen LogP) is 5.38. The molecule has 0 aliphatic carbocycles. The predicted molar refractivity (Wildman–Crippen MR) is 126 cm³/mol. The van der Waals surface area contributed by atoms with E-state index in [1.165, 1.54) is 10.5 Å². The molecule has 0 bridgehead atoms. The lowest BCUT2D eigenvalue weighted by molar-refractivity contribution is -0.117. The molecule has 0 N–H and O–H groups in total. The van der Waals surface area contributed by atoms with Gasteiger partial charge in [-0.1, -0.05) is 29.0 Å². The van der Waals surface area contributed by atoms with Crippen LogP contribution in [0.4, 0.5) is 0 Å². The number of carbonyl (C=O) groups is 1. The second-order valence-electron chi connectivity index (χ2n) is 6.51. The summed E-state index contributed by atoms with van der Waals surface area (Å²) < 4.78 is 8.87. The molecule has 4 nitrogen and oxygen atoms in total. The highest BCUT2D eigenvalue weighted by Crippen LogP contribution is 2.24. The summed E-state index contributed by atoms with van der Waals surface area (Å²) in [6.07, 6.45) is 2.52. The Morgan fingerprint density at radius 2 is 1.97 bits per heavy atom. The van der Waals surface area contributed by atoms with Gasteiger partial charge in [0.15, 0.2) is 4.80 Å². The zero-order valence-electron chi connectivity index (χ0n) is 17.0. The highest BCUT2D eigenvalue weighted by atomic mass is 32.2. The van der Waals surface area contributed by atoms with Crippen LogP contribution in [-0.4, -0.2) is 34.8 Å². The van der Waals surface area contributed by atoms with Gasteiger partial charge in [-0.15, -0.1) is 11.8 Å². The normalized spacial score (nSPS) is 11.9. The number of nitrogens with zero attached hydrogens (tertiary/aromatic N) is 2. The Morgan fingerprint density at radius 3 is 2.69 bits per heavy atom. The lowest BCUT2D eigenvalue weighted by atomic mass is 10.2. The lowest BCUT2D eigenvalue weighted by Gasteiger charge is -2.05. The van der Waals surface area contributed by atoms with Crippen LogP contribution in [0, 0.1) is 6.92 Å². The number of aryl methyl sites for hydroxylation is 2. The molecule has 0 radical (unpaired) electrons. The van der Waals surface area contributed by atoms with Crippen LogP contribution in [0.15, 0.2) is 52.4 Å². The van der Waals surface area contributed by atoms with E-state index in [4.69, 9.17) is 4.74 Å². The number of amides is 1. The third-order valence-electron chi connectivity index (χ3n) is 4.31. The third-order valence-corrected chi connectivity index (χ3v) is 6.96. The van der Waals surface area contributed by atoms with Gasteiger partial charge < -0.3 is 9.30 Å². The molecule has 0 fully saturated rings. The molecule has 0 aliphatic heterocycles. The van der Waals surface area contributed by atoms with Crippen molar-refractivity contribution in [2.45, 2.75) is 31.7 Å². The number of ether oxygens (including phenoxy) is 1. The molecule has 0 atom stereocenters. The molecule has 1 heterocycles. The maximum atomic E-state index is 12.5. The number of thiazole rings is 1. The van der Waals surface area contributed by atoms with Gasteiger partial charge in [-0.2, -0.15) is 16.8 Å². The molecule has 0 spiro atoms. The minimum Gasteiger partial charge on any atom is -0.494 e. The smallest absolute Gasteiger partial charge is 0.249 e. The van der Waals surface area contributed by atoms with E-state index in [1.807, 2.05) is 19.1 Å². The van der Waals surface area contributed by atoms with Crippen molar-refractivity contribution < 1.29 is 9.53 Å². The van der Waals surface area contributed by atoms with Crippen molar-refractivity contribution in [3.63, 3.8) is 0 Å². The van der Waals surface area contributed by atoms with Crippen molar-refractivity contribution >= 4 is 51.0 Å². The van der Waals surface area contributed by atoms with Crippen LogP contribution in [0.1, 0.15) is 18.9 Å². The van der Waals surface area contributed by atoms with Crippen LogP contribution >= 0.6 is 34.9 Å². The Bertz CT molecular complexity index is 1020. The van der Waals surface area contributed by atoms with Gasteiger partial charge in [0.05, 0.1) is 16.8 Å². The van der Waals surface area contributed by atoms with Gasteiger partial charge in [0.25, 0.3) is 0 Å². The molecule has 0 aliphatic rings. The molecule has 29 heavy (non-hydrogen) atoms. The van der Waals surface area contributed by atoms with Crippen LogP contribution < -0.4 is 9.54 Å². The summed E-state index contributed by atoms with van der Waals surface area (Å²) in [7, 11) is 0. The van der Waals surface area contributed by atoms with Crippen molar-refractivity contribution in [2.24, 2.45) is 4.99 Å². The van der Waals surface area contributed by atoms with E-state index >= 15 is 0 Å². The van der Waals surface area contributed by atoms with Crippen LogP contribution in [-0.2, 0) is 11.3 Å². The van der Waals surface area contributed by atoms with Crippen molar-refractivity contribution in [1.82, 2.24) is 4.57 Å². The number of hydrogen-bond acceptors (Lipinski definition) is 5. The van der Waals surface area contributed by atoms with Crippen LogP contribution in [0.2, 0.25) is 0 Å². The molecule has 0 saturated heterocycles. The summed E-state index contributed by atoms with van der Waals surface area (Å²) in [6.45, 7) is 5.52. The first kappa shape index (κ1) is 22.0. The standard InChI is InChI=1S/C22H26N2O2S3/c1-4-26-17-7-10-19-20(15-17)29-22(24(19)12-14-27-3)23-21(25)11-13-28-18-8-5-16(2)6-9-18/h5-10,15H,4,11-14H2,1-3H3. The average Bonchev–Trinajstić information content (AvgIpc) is 3.04. The number of carbonyl (C=O) groups excluding carboxylic acids is 1. The van der Waals surface area contributed by atoms with Crippen LogP contribution in [0.25, 0.3) is 10.2 Å². The maximum Gasteiger partial charge on any atom is 0.249 e. The van der Waals surface area contributed by atoms with Gasteiger partial charge in [0, 0.05) is 29.4 Å². The van der Waals surface area contributed by atoms with E-state index in [2.05, 4.69) is 53.1 Å². The quantitative estimate of drug-likeness (QED) is 0.414. The van der Waals surface area contributed by atoms with E-state index in [1.54, 1.807) is 34.9 Å². The van der Waals surface area contributed by atoms with E-state index < -0.39 is 0 Å². The van der Waals surface area contributed by atoms with E-state index in [9.17, 15) is 4.79 Å². The van der Waals surface area contributed by atoms with Crippen molar-refractivity contribution in [2.75, 3.05) is 24.4 Å². The van der Waals surface area contributed by atoms with E-state index in [-0.39, 0.29) is 5.91 Å². The fraction of sp³-hybridized carbons (Fsp3) is 0.364. The number of fused-ring (bicyclic) bond motifs is 1. The topological polar surface area (TPSA) is 43.6 Å². The summed E-state index contributed by atoms with van der Waals surface area (Å²) in [5.74, 6) is 2.49. The monoisotopic (exact) mass is 446 g/mol. The Balaban J connectivity index is 1.77. The molecule has 7 heteroatoms. The second kappa shape index (κ2) is 10.9. The number of thioether (sulfide) groups is 2. The molecule has 1 amide bonds. The zero-order chi connectivity index (χ0) is 20.6. The molecule has 3 rings (SSSR count). The summed E-state index contributed by atoms with van der Waals surface area (Å²) >= 11 is 5.04. The second-order valence-corrected chi connectivity index (χ2v) is 9.67. The summed E-state index contributed by atoms with van der Waals surface area (Å²) in [6, 6.07) is 14.5. The molecule has 2 aromatic carbocycles. The number of benzene rings is 2. The average molecular weight is 447 g/mol. The van der Waals surface area contributed by atoms with Gasteiger partial charge in [-0.05, 0) is 50.4 Å². The molecule has 0 saturated carbocycles. The molecule has 3 aromatic rings. The highest BCUT2D eigenvalue weighted by molar-refractivity contribution is 7.99. The Hall–Kier alpha value is -1.70. The Kier molecular flexibility index (Phi) is 8.27. The Morgan fingerprint density at radius 1 is 1.17 bits per heavy atom. The van der Waals surface area contributed by atoms with Crippen molar-refractivity contribution in [3.05, 3.63) is 52.8 Å². The van der Waals surface area contributed by atoms with Gasteiger partial charge in [0.2, 0.25) is 5.91 Å². The van der Waals surface area contributed by atoms with Crippen molar-refractivity contribution in [1.29, 1.82) is 0 Å². The summed E-state index contributed by atoms with van der Waals surface area (Å²) in [5, 5.41) is 0. The first-order valence-electron chi connectivity index (χ1n) is 9.63. The Labute approximate surface area is 184 Å². The summed E-state index contributed by atoms with van der Waals surface area (Å²) in [5.41, 5.74) is 2.35. The minimum atomic E-state index is -0.0703. The molecular weight excluding hydrogens is 420 g/mol. The van der Waals surface area contributed by atoms with E-state index in [0.717, 1.165) is 38.8 Å². The minimum absolute atomic E-state index is 0.0703. The molecule has 1 aromatic heterocycles. The van der Waals surface area contributed by atoms with Crippen molar-refractivity contribution in [3.8, 4) is 5.75 Å². The largest absolute Gasteiger partial charge is 0.494 e. The fourth-order valence-corrected chi connectivity index (χ4v) is 5.16. The fourth-order valence-electron chi connectivity index (χ4n) is 2.85. The zero-order valence-corrected chi connectivity index (χ0v) is 19.5. The highest BCUT2D eigenvalue weighted by Gasteiger charge is 2.09. The van der Waals surface area contributed by atoms with Gasteiger partial charge in [-0.3, -0.25) is 4.79 Å². The lowest BCUT2D eigenvalue weighted by Crippen LogP contribution is -2.18. The van der Waals surface area contributed by atoms with Crippen LogP contribution in [0.3, 0.4) is 0 Å². The molecule has 0 unspecified atom stereocenters. The third kappa shape index (κ3) is 6.14. The molecule has 154 valence electrons. The molecular formula is C22H26N2O2S3. The van der Waals surface area contributed by atoms with Gasteiger partial charge in [-0.25, -0.2) is 0 Å². The number of aromatic nitrogens is 1. The maximum absolute atomic E-state index is 12.5. The SMILES string of the molecule is CCOc1ccc2c(c1)sc(=NC(=O)CCSc1ccc(C)cc1)n2CCSC. The van der Waals surface area contributed by atoms with Gasteiger partial charge >= 0.3 is 0 Å². The van der Waals surface area contributed by atoms with Crippen LogP contribution in [0.5, 0.6) is 5.75 Å². The summed E-state index contributed by atoms with van der Waals surface area (Å²) in [4.78, 5) is 18.9.